The Labute approximate surface area is 162 Å². The van der Waals surface area contributed by atoms with Crippen LogP contribution in [-0.2, 0) is 6.42 Å². The number of benzene rings is 2. The monoisotopic (exact) mass is 376 g/mol. The van der Waals surface area contributed by atoms with Gasteiger partial charge >= 0.3 is 0 Å². The zero-order valence-electron chi connectivity index (χ0n) is 15.4. The molecule has 0 saturated heterocycles. The summed E-state index contributed by atoms with van der Waals surface area (Å²) in [5.74, 6) is -0.0130. The zero-order valence-corrected chi connectivity index (χ0v) is 15.4. The average molecular weight is 376 g/mol. The number of nitrogens with one attached hydrogen (secondary N) is 2. The van der Waals surface area contributed by atoms with E-state index in [4.69, 9.17) is 0 Å². The Balaban J connectivity index is 1.72. The number of nitro benzene ring substituents is 1. The van der Waals surface area contributed by atoms with Crippen molar-refractivity contribution in [3.63, 3.8) is 0 Å². The normalized spacial score (nSPS) is 10.3. The molecule has 0 spiro atoms. The van der Waals surface area contributed by atoms with E-state index in [0.717, 1.165) is 17.5 Å². The lowest BCUT2D eigenvalue weighted by Crippen LogP contribution is -2.15. The van der Waals surface area contributed by atoms with E-state index in [9.17, 15) is 14.9 Å². The van der Waals surface area contributed by atoms with Gasteiger partial charge in [-0.2, -0.15) is 0 Å². The molecule has 1 amide bonds. The molecule has 0 aliphatic rings. The minimum absolute atomic E-state index is 0.140. The molecule has 0 bridgehead atoms. The second kappa shape index (κ2) is 8.77. The minimum Gasteiger partial charge on any atom is -0.379 e. The number of aromatic nitrogens is 1. The first-order valence-corrected chi connectivity index (χ1v) is 8.84. The van der Waals surface area contributed by atoms with Gasteiger partial charge in [0.05, 0.1) is 4.92 Å². The lowest BCUT2D eigenvalue weighted by molar-refractivity contribution is -0.384. The Bertz CT molecular complexity index is 990. The molecule has 1 heterocycles. The van der Waals surface area contributed by atoms with Gasteiger partial charge < -0.3 is 10.6 Å². The van der Waals surface area contributed by atoms with Gasteiger partial charge in [0, 0.05) is 24.4 Å². The topological polar surface area (TPSA) is 97.2 Å². The van der Waals surface area contributed by atoms with E-state index in [1.165, 1.54) is 6.07 Å². The Kier molecular flexibility index (Phi) is 5.96. The van der Waals surface area contributed by atoms with E-state index in [2.05, 4.69) is 15.6 Å². The predicted molar refractivity (Wildman–Crippen MR) is 109 cm³/mol. The molecule has 142 valence electrons. The molecule has 0 unspecified atom stereocenters. The van der Waals surface area contributed by atoms with Crippen molar-refractivity contribution < 1.29 is 9.72 Å². The van der Waals surface area contributed by atoms with E-state index in [0.29, 0.717) is 18.1 Å². The van der Waals surface area contributed by atoms with Crippen molar-refractivity contribution in [2.24, 2.45) is 0 Å². The van der Waals surface area contributed by atoms with Crippen molar-refractivity contribution >= 4 is 23.1 Å². The average Bonchev–Trinajstić information content (AvgIpc) is 2.70. The summed E-state index contributed by atoms with van der Waals surface area (Å²) in [4.78, 5) is 27.5. The number of anilines is 2. The highest BCUT2D eigenvalue weighted by molar-refractivity contribution is 6.04. The molecule has 2 aromatic carbocycles. The number of pyridine rings is 1. The molecule has 0 aliphatic carbocycles. The second-order valence-corrected chi connectivity index (χ2v) is 6.27. The fourth-order valence-electron chi connectivity index (χ4n) is 2.76. The molecular weight excluding hydrogens is 356 g/mol. The van der Waals surface area contributed by atoms with Gasteiger partial charge in [0.25, 0.3) is 11.6 Å². The third kappa shape index (κ3) is 4.70. The lowest BCUT2D eigenvalue weighted by atomic mass is 10.1. The molecule has 3 aromatic rings. The number of rotatable bonds is 7. The number of carbonyl (C=O) groups is 1. The van der Waals surface area contributed by atoms with Crippen LogP contribution in [0.4, 0.5) is 17.2 Å². The second-order valence-electron chi connectivity index (χ2n) is 6.27. The molecule has 2 N–H and O–H groups in total. The van der Waals surface area contributed by atoms with Crippen molar-refractivity contribution in [3.05, 3.63) is 93.7 Å². The van der Waals surface area contributed by atoms with Gasteiger partial charge in [0.2, 0.25) is 0 Å². The predicted octanol–water partition coefficient (Wildman–Crippen LogP) is 4.21. The molecule has 0 aliphatic heterocycles. The number of nitrogens with zero attached hydrogens (tertiary/aromatic N) is 2. The number of nitro groups is 1. The maximum Gasteiger partial charge on any atom is 0.293 e. The maximum atomic E-state index is 12.5. The van der Waals surface area contributed by atoms with Crippen LogP contribution in [-0.4, -0.2) is 22.4 Å². The molecule has 3 rings (SSSR count). The largest absolute Gasteiger partial charge is 0.379 e. The third-order valence-corrected chi connectivity index (χ3v) is 4.27. The summed E-state index contributed by atoms with van der Waals surface area (Å²) >= 11 is 0. The first-order chi connectivity index (χ1) is 13.5. The van der Waals surface area contributed by atoms with Gasteiger partial charge in [-0.15, -0.1) is 0 Å². The molecule has 7 nitrogen and oxygen atoms in total. The van der Waals surface area contributed by atoms with Crippen LogP contribution < -0.4 is 10.6 Å². The van der Waals surface area contributed by atoms with Crippen LogP contribution in [0.3, 0.4) is 0 Å². The summed E-state index contributed by atoms with van der Waals surface area (Å²) in [5, 5.41) is 17.2. The quantitative estimate of drug-likeness (QED) is 0.476. The minimum atomic E-state index is -0.492. The summed E-state index contributed by atoms with van der Waals surface area (Å²) in [6.07, 6.45) is 2.31. The van der Waals surface area contributed by atoms with Crippen LogP contribution >= 0.6 is 0 Å². The van der Waals surface area contributed by atoms with Gasteiger partial charge in [0.1, 0.15) is 11.5 Å². The van der Waals surface area contributed by atoms with Crippen LogP contribution in [0.2, 0.25) is 0 Å². The summed E-state index contributed by atoms with van der Waals surface area (Å²) in [7, 11) is 0. The van der Waals surface area contributed by atoms with Gasteiger partial charge in [-0.05, 0) is 42.7 Å². The van der Waals surface area contributed by atoms with Gasteiger partial charge in [0.15, 0.2) is 0 Å². The molecular formula is C21H20N4O3. The highest BCUT2D eigenvalue weighted by Crippen LogP contribution is 2.26. The molecule has 0 saturated carbocycles. The molecule has 0 atom stereocenters. The highest BCUT2D eigenvalue weighted by atomic mass is 16.6. The van der Waals surface area contributed by atoms with Crippen molar-refractivity contribution in [1.82, 2.24) is 4.98 Å². The van der Waals surface area contributed by atoms with Crippen LogP contribution in [0.1, 0.15) is 21.5 Å². The lowest BCUT2D eigenvalue weighted by Gasteiger charge is -2.10. The number of aryl methyl sites for hydroxylation is 1. The third-order valence-electron chi connectivity index (χ3n) is 4.27. The molecule has 0 radical (unpaired) electrons. The van der Waals surface area contributed by atoms with E-state index in [1.807, 2.05) is 43.3 Å². The number of hydrogen-bond donors (Lipinski definition) is 2. The number of hydrogen-bond acceptors (Lipinski definition) is 5. The standard InChI is InChI=1S/C21H20N4O3/c1-15-6-5-12-23-20(15)24-21(26)17-9-10-18(19(14-17)25(27)28)22-13-11-16-7-3-2-4-8-16/h2-10,12,14,22H,11,13H2,1H3,(H,23,24,26). The van der Waals surface area contributed by atoms with E-state index >= 15 is 0 Å². The van der Waals surface area contributed by atoms with Crippen molar-refractivity contribution in [2.45, 2.75) is 13.3 Å². The van der Waals surface area contributed by atoms with Crippen LogP contribution in [0.15, 0.2) is 66.9 Å². The Morgan fingerprint density at radius 2 is 1.89 bits per heavy atom. The maximum absolute atomic E-state index is 12.5. The Morgan fingerprint density at radius 1 is 1.11 bits per heavy atom. The summed E-state index contributed by atoms with van der Waals surface area (Å²) in [6, 6.07) is 17.8. The number of carbonyl (C=O) groups excluding carboxylic acids is 1. The van der Waals surface area contributed by atoms with Gasteiger partial charge in [-0.25, -0.2) is 4.98 Å². The van der Waals surface area contributed by atoms with Gasteiger partial charge in [-0.3, -0.25) is 14.9 Å². The highest BCUT2D eigenvalue weighted by Gasteiger charge is 2.18. The van der Waals surface area contributed by atoms with E-state index in [-0.39, 0.29) is 11.3 Å². The van der Waals surface area contributed by atoms with E-state index in [1.54, 1.807) is 24.4 Å². The molecule has 0 fully saturated rings. The van der Waals surface area contributed by atoms with Crippen molar-refractivity contribution in [3.8, 4) is 0 Å². The van der Waals surface area contributed by atoms with Crippen LogP contribution in [0.25, 0.3) is 0 Å². The SMILES string of the molecule is Cc1cccnc1NC(=O)c1ccc(NCCc2ccccc2)c([N+](=O)[O-])c1. The van der Waals surface area contributed by atoms with Crippen molar-refractivity contribution in [2.75, 3.05) is 17.2 Å². The van der Waals surface area contributed by atoms with Crippen LogP contribution in [0.5, 0.6) is 0 Å². The molecule has 1 aromatic heterocycles. The Hall–Kier alpha value is -3.74. The molecule has 7 heteroatoms. The number of amides is 1. The van der Waals surface area contributed by atoms with E-state index < -0.39 is 10.8 Å². The Morgan fingerprint density at radius 3 is 2.61 bits per heavy atom. The van der Waals surface area contributed by atoms with Gasteiger partial charge in [-0.1, -0.05) is 36.4 Å². The zero-order chi connectivity index (χ0) is 19.9. The summed E-state index contributed by atoms with van der Waals surface area (Å²) in [5.41, 5.74) is 2.39. The molecule has 28 heavy (non-hydrogen) atoms. The smallest absolute Gasteiger partial charge is 0.293 e. The van der Waals surface area contributed by atoms with Crippen molar-refractivity contribution in [1.29, 1.82) is 0 Å². The fraction of sp³-hybridized carbons (Fsp3) is 0.143. The summed E-state index contributed by atoms with van der Waals surface area (Å²) < 4.78 is 0. The first-order valence-electron chi connectivity index (χ1n) is 8.84. The van der Waals surface area contributed by atoms with Crippen LogP contribution in [0, 0.1) is 17.0 Å². The summed E-state index contributed by atoms with van der Waals surface area (Å²) in [6.45, 7) is 2.37. The fourth-order valence-corrected chi connectivity index (χ4v) is 2.76. The first kappa shape index (κ1) is 19.0.